The van der Waals surface area contributed by atoms with Gasteiger partial charge in [0.15, 0.2) is 0 Å². The van der Waals surface area contributed by atoms with Gasteiger partial charge in [0.1, 0.15) is 5.69 Å². The number of aromatic nitrogens is 2. The largest absolute Gasteiger partial charge is 0.347 e. The zero-order valence-corrected chi connectivity index (χ0v) is 7.01. The van der Waals surface area contributed by atoms with Crippen molar-refractivity contribution < 1.29 is 4.79 Å². The number of nitrogens with one attached hydrogen (secondary N) is 2. The second-order valence-corrected chi connectivity index (χ2v) is 2.29. The summed E-state index contributed by atoms with van der Waals surface area (Å²) in [5, 5.41) is 2.60. The summed E-state index contributed by atoms with van der Waals surface area (Å²) in [6.45, 7) is 0.418. The molecule has 12 heavy (non-hydrogen) atoms. The Morgan fingerprint density at radius 3 is 3.25 bits per heavy atom. The molecule has 1 rings (SSSR count). The van der Waals surface area contributed by atoms with E-state index in [0.29, 0.717) is 12.2 Å². The number of amides is 1. The molecule has 4 nitrogen and oxygen atoms in total. The normalized spacial score (nSPS) is 10.4. The SMILES string of the molecule is O=C(NC/C=C/Cl)c1cnc[nH]1. The molecule has 0 aromatic carbocycles. The van der Waals surface area contributed by atoms with Crippen LogP contribution in [0.25, 0.3) is 0 Å². The average Bonchev–Trinajstić information content (AvgIpc) is 2.56. The molecule has 0 radical (unpaired) electrons. The molecule has 0 unspecified atom stereocenters. The quantitative estimate of drug-likeness (QED) is 0.735. The second kappa shape index (κ2) is 4.56. The highest BCUT2D eigenvalue weighted by molar-refractivity contribution is 6.25. The van der Waals surface area contributed by atoms with Gasteiger partial charge in [0.2, 0.25) is 0 Å². The molecular formula is C7H8ClN3O. The highest BCUT2D eigenvalue weighted by atomic mass is 35.5. The third-order valence-electron chi connectivity index (χ3n) is 1.21. The first kappa shape index (κ1) is 8.80. The van der Waals surface area contributed by atoms with Crippen molar-refractivity contribution >= 4 is 17.5 Å². The average molecular weight is 186 g/mol. The Kier molecular flexibility index (Phi) is 3.35. The zero-order valence-electron chi connectivity index (χ0n) is 6.25. The minimum atomic E-state index is -0.192. The van der Waals surface area contributed by atoms with E-state index >= 15 is 0 Å². The standard InChI is InChI=1S/C7H8ClN3O/c8-2-1-3-10-7(12)6-4-9-5-11-6/h1-2,4-5H,3H2,(H,9,11)(H,10,12)/b2-1+. The van der Waals surface area contributed by atoms with Crippen molar-refractivity contribution in [2.24, 2.45) is 0 Å². The number of carbonyl (C=O) groups is 1. The Balaban J connectivity index is 2.40. The maximum absolute atomic E-state index is 11.1. The van der Waals surface area contributed by atoms with Gasteiger partial charge in [0, 0.05) is 12.1 Å². The van der Waals surface area contributed by atoms with Gasteiger partial charge >= 0.3 is 0 Å². The van der Waals surface area contributed by atoms with Gasteiger partial charge < -0.3 is 10.3 Å². The lowest BCUT2D eigenvalue weighted by Gasteiger charge is -1.97. The monoisotopic (exact) mass is 185 g/mol. The van der Waals surface area contributed by atoms with Gasteiger partial charge in [-0.1, -0.05) is 17.7 Å². The van der Waals surface area contributed by atoms with Crippen molar-refractivity contribution in [2.45, 2.75) is 0 Å². The van der Waals surface area contributed by atoms with Gasteiger partial charge in [0.25, 0.3) is 5.91 Å². The van der Waals surface area contributed by atoms with E-state index in [2.05, 4.69) is 15.3 Å². The third kappa shape index (κ3) is 2.39. The summed E-state index contributed by atoms with van der Waals surface area (Å²) in [5.74, 6) is -0.192. The van der Waals surface area contributed by atoms with Gasteiger partial charge in [-0.3, -0.25) is 4.79 Å². The molecule has 0 spiro atoms. The molecule has 1 aromatic rings. The summed E-state index contributed by atoms with van der Waals surface area (Å²) in [6.07, 6.45) is 4.54. The fraction of sp³-hybridized carbons (Fsp3) is 0.143. The van der Waals surface area contributed by atoms with Gasteiger partial charge in [-0.15, -0.1) is 0 Å². The van der Waals surface area contributed by atoms with Gasteiger partial charge in [0.05, 0.1) is 12.5 Å². The third-order valence-corrected chi connectivity index (χ3v) is 1.39. The molecule has 5 heteroatoms. The van der Waals surface area contributed by atoms with E-state index in [-0.39, 0.29) is 5.91 Å². The summed E-state index contributed by atoms with van der Waals surface area (Å²) >= 11 is 5.26. The first-order valence-corrected chi connectivity index (χ1v) is 3.80. The van der Waals surface area contributed by atoms with Gasteiger partial charge in [-0.05, 0) is 0 Å². The van der Waals surface area contributed by atoms with E-state index in [1.807, 2.05) is 0 Å². The minimum absolute atomic E-state index is 0.192. The number of hydrogen-bond acceptors (Lipinski definition) is 2. The van der Waals surface area contributed by atoms with Gasteiger partial charge in [-0.25, -0.2) is 4.98 Å². The second-order valence-electron chi connectivity index (χ2n) is 2.04. The molecule has 0 saturated heterocycles. The van der Waals surface area contributed by atoms with Crippen molar-refractivity contribution in [3.63, 3.8) is 0 Å². The number of carbonyl (C=O) groups excluding carboxylic acids is 1. The summed E-state index contributed by atoms with van der Waals surface area (Å²) in [7, 11) is 0. The minimum Gasteiger partial charge on any atom is -0.347 e. The Hall–Kier alpha value is -1.29. The van der Waals surface area contributed by atoms with Crippen LogP contribution in [0.5, 0.6) is 0 Å². The van der Waals surface area contributed by atoms with Crippen LogP contribution in [-0.4, -0.2) is 22.4 Å². The van der Waals surface area contributed by atoms with E-state index in [1.54, 1.807) is 6.08 Å². The van der Waals surface area contributed by atoms with Crippen LogP contribution in [0.1, 0.15) is 10.5 Å². The number of imidazole rings is 1. The lowest BCUT2D eigenvalue weighted by Crippen LogP contribution is -2.23. The van der Waals surface area contributed by atoms with E-state index in [0.717, 1.165) is 0 Å². The number of hydrogen-bond donors (Lipinski definition) is 2. The lowest BCUT2D eigenvalue weighted by molar-refractivity contribution is 0.0953. The van der Waals surface area contributed by atoms with Crippen LogP contribution >= 0.6 is 11.6 Å². The molecule has 1 amide bonds. The topological polar surface area (TPSA) is 57.8 Å². The van der Waals surface area contributed by atoms with Crippen molar-refractivity contribution in [1.82, 2.24) is 15.3 Å². The molecule has 0 atom stereocenters. The molecular weight excluding hydrogens is 178 g/mol. The van der Waals surface area contributed by atoms with Crippen LogP contribution in [0.15, 0.2) is 24.1 Å². The zero-order chi connectivity index (χ0) is 8.81. The van der Waals surface area contributed by atoms with Crippen LogP contribution in [0.3, 0.4) is 0 Å². The van der Waals surface area contributed by atoms with Crippen LogP contribution in [0.2, 0.25) is 0 Å². The molecule has 1 heterocycles. The van der Waals surface area contributed by atoms with Crippen molar-refractivity contribution in [2.75, 3.05) is 6.54 Å². The van der Waals surface area contributed by atoms with E-state index < -0.39 is 0 Å². The Morgan fingerprint density at radius 2 is 2.67 bits per heavy atom. The number of H-pyrrole nitrogens is 1. The molecule has 0 fully saturated rings. The van der Waals surface area contributed by atoms with Crippen LogP contribution in [-0.2, 0) is 0 Å². The van der Waals surface area contributed by atoms with Crippen molar-refractivity contribution in [3.8, 4) is 0 Å². The Bertz CT molecular complexity index is 268. The Morgan fingerprint density at radius 1 is 1.83 bits per heavy atom. The molecule has 1 aromatic heterocycles. The predicted molar refractivity (Wildman–Crippen MR) is 45.9 cm³/mol. The predicted octanol–water partition coefficient (Wildman–Crippen LogP) is 0.892. The van der Waals surface area contributed by atoms with Crippen molar-refractivity contribution in [3.05, 3.63) is 29.8 Å². The summed E-state index contributed by atoms with van der Waals surface area (Å²) in [4.78, 5) is 17.5. The van der Waals surface area contributed by atoms with E-state index in [4.69, 9.17) is 11.6 Å². The molecule has 2 N–H and O–H groups in total. The number of nitrogens with zero attached hydrogens (tertiary/aromatic N) is 1. The van der Waals surface area contributed by atoms with Crippen LogP contribution in [0.4, 0.5) is 0 Å². The first-order chi connectivity index (χ1) is 5.84. The summed E-state index contributed by atoms with van der Waals surface area (Å²) in [5.41, 5.74) is 1.80. The molecule has 0 bridgehead atoms. The maximum Gasteiger partial charge on any atom is 0.269 e. The smallest absolute Gasteiger partial charge is 0.269 e. The maximum atomic E-state index is 11.1. The first-order valence-electron chi connectivity index (χ1n) is 3.36. The molecule has 0 aliphatic heterocycles. The number of halogens is 1. The highest BCUT2D eigenvalue weighted by Crippen LogP contribution is 1.89. The fourth-order valence-corrected chi connectivity index (χ4v) is 0.761. The highest BCUT2D eigenvalue weighted by Gasteiger charge is 2.03. The molecule has 0 aliphatic rings. The molecule has 0 saturated carbocycles. The number of rotatable bonds is 3. The van der Waals surface area contributed by atoms with Crippen LogP contribution < -0.4 is 5.32 Å². The lowest BCUT2D eigenvalue weighted by atomic mass is 10.4. The molecule has 64 valence electrons. The van der Waals surface area contributed by atoms with E-state index in [9.17, 15) is 4.79 Å². The van der Waals surface area contributed by atoms with Crippen LogP contribution in [0, 0.1) is 0 Å². The van der Waals surface area contributed by atoms with E-state index in [1.165, 1.54) is 18.1 Å². The summed E-state index contributed by atoms with van der Waals surface area (Å²) in [6, 6.07) is 0. The molecule has 0 aliphatic carbocycles. The fourth-order valence-electron chi connectivity index (χ4n) is 0.671. The number of aromatic amines is 1. The Labute approximate surface area is 74.6 Å². The summed E-state index contributed by atoms with van der Waals surface area (Å²) < 4.78 is 0. The van der Waals surface area contributed by atoms with Gasteiger partial charge in [-0.2, -0.15) is 0 Å². The van der Waals surface area contributed by atoms with Crippen molar-refractivity contribution in [1.29, 1.82) is 0 Å².